The summed E-state index contributed by atoms with van der Waals surface area (Å²) in [4.78, 5) is 0. The van der Waals surface area contributed by atoms with Gasteiger partial charge in [-0.3, -0.25) is 0 Å². The van der Waals surface area contributed by atoms with Crippen LogP contribution in [-0.4, -0.2) is 11.6 Å². The van der Waals surface area contributed by atoms with Gasteiger partial charge in [-0.25, -0.2) is 0 Å². The summed E-state index contributed by atoms with van der Waals surface area (Å²) in [5.74, 6) is 2.52. The molecule has 120 valence electrons. The Morgan fingerprint density at radius 1 is 1.19 bits per heavy atom. The molecule has 3 heteroatoms. The summed E-state index contributed by atoms with van der Waals surface area (Å²) >= 11 is 0. The molecule has 21 heavy (non-hydrogen) atoms. The summed E-state index contributed by atoms with van der Waals surface area (Å²) in [6, 6.07) is 2.05. The van der Waals surface area contributed by atoms with Crippen molar-refractivity contribution in [2.75, 3.05) is 0 Å². The van der Waals surface area contributed by atoms with Crippen molar-refractivity contribution in [1.29, 1.82) is 0 Å². The Morgan fingerprint density at radius 2 is 1.86 bits per heavy atom. The SMILES string of the molecule is CC1CC(C)CC(OCc2occc2CNC(C)(C)C)C1. The molecule has 1 aliphatic rings. The molecule has 0 radical (unpaired) electrons. The Hall–Kier alpha value is -0.800. The van der Waals surface area contributed by atoms with Gasteiger partial charge in [0.25, 0.3) is 0 Å². The first-order valence-corrected chi connectivity index (χ1v) is 8.25. The Bertz CT molecular complexity index is 423. The topological polar surface area (TPSA) is 34.4 Å². The lowest BCUT2D eigenvalue weighted by Crippen LogP contribution is -2.35. The molecule has 0 aromatic carbocycles. The van der Waals surface area contributed by atoms with Gasteiger partial charge in [-0.15, -0.1) is 0 Å². The predicted molar refractivity (Wildman–Crippen MR) is 86.1 cm³/mol. The van der Waals surface area contributed by atoms with Gasteiger partial charge in [-0.05, 0) is 57.9 Å². The molecule has 0 saturated heterocycles. The summed E-state index contributed by atoms with van der Waals surface area (Å²) in [7, 11) is 0. The number of hydrogen-bond donors (Lipinski definition) is 1. The van der Waals surface area contributed by atoms with Crippen molar-refractivity contribution in [2.45, 2.75) is 78.7 Å². The van der Waals surface area contributed by atoms with Crippen LogP contribution in [0, 0.1) is 11.8 Å². The minimum absolute atomic E-state index is 0.115. The molecule has 1 aliphatic carbocycles. The number of ether oxygens (including phenoxy) is 1. The fourth-order valence-corrected chi connectivity index (χ4v) is 3.21. The van der Waals surface area contributed by atoms with Crippen LogP contribution < -0.4 is 5.32 Å². The van der Waals surface area contributed by atoms with E-state index < -0.39 is 0 Å². The van der Waals surface area contributed by atoms with Crippen LogP contribution >= 0.6 is 0 Å². The number of nitrogens with one attached hydrogen (secondary N) is 1. The molecule has 0 bridgehead atoms. The van der Waals surface area contributed by atoms with Gasteiger partial charge < -0.3 is 14.5 Å². The number of hydrogen-bond acceptors (Lipinski definition) is 3. The summed E-state index contributed by atoms with van der Waals surface area (Å²) in [5, 5.41) is 3.50. The van der Waals surface area contributed by atoms with Crippen molar-refractivity contribution in [2.24, 2.45) is 11.8 Å². The minimum Gasteiger partial charge on any atom is -0.467 e. The smallest absolute Gasteiger partial charge is 0.133 e. The van der Waals surface area contributed by atoms with Crippen molar-refractivity contribution < 1.29 is 9.15 Å². The van der Waals surface area contributed by atoms with Gasteiger partial charge in [0.1, 0.15) is 12.4 Å². The van der Waals surface area contributed by atoms with Crippen molar-refractivity contribution >= 4 is 0 Å². The second-order valence-electron chi connectivity index (χ2n) is 7.82. The molecule has 1 fully saturated rings. The Kier molecular flexibility index (Phi) is 5.50. The van der Waals surface area contributed by atoms with Gasteiger partial charge in [0.05, 0.1) is 12.4 Å². The lowest BCUT2D eigenvalue weighted by molar-refractivity contribution is -0.0160. The molecule has 1 heterocycles. The third-order valence-electron chi connectivity index (χ3n) is 4.23. The van der Waals surface area contributed by atoms with Crippen LogP contribution in [-0.2, 0) is 17.9 Å². The van der Waals surface area contributed by atoms with Gasteiger partial charge in [-0.1, -0.05) is 13.8 Å². The highest BCUT2D eigenvalue weighted by Gasteiger charge is 2.25. The van der Waals surface area contributed by atoms with Gasteiger partial charge in [0.2, 0.25) is 0 Å². The van der Waals surface area contributed by atoms with Crippen molar-refractivity contribution in [1.82, 2.24) is 5.32 Å². The van der Waals surface area contributed by atoms with Crippen LogP contribution in [0.25, 0.3) is 0 Å². The summed E-state index contributed by atoms with van der Waals surface area (Å²) in [6.45, 7) is 12.6. The van der Waals surface area contributed by atoms with E-state index in [1.165, 1.54) is 24.8 Å². The van der Waals surface area contributed by atoms with Crippen LogP contribution in [0.3, 0.4) is 0 Å². The van der Waals surface area contributed by atoms with E-state index in [9.17, 15) is 0 Å². The molecular weight excluding hydrogens is 262 g/mol. The standard InChI is InChI=1S/C18H31NO2/c1-13-8-14(2)10-16(9-13)21-12-17-15(6-7-20-17)11-19-18(3,4)5/h6-7,13-14,16,19H,8-12H2,1-5H3. The maximum absolute atomic E-state index is 6.12. The van der Waals surface area contributed by atoms with Crippen LogP contribution in [0.1, 0.15) is 65.2 Å². The van der Waals surface area contributed by atoms with E-state index >= 15 is 0 Å². The highest BCUT2D eigenvalue weighted by Crippen LogP contribution is 2.31. The third-order valence-corrected chi connectivity index (χ3v) is 4.23. The van der Waals surface area contributed by atoms with E-state index in [4.69, 9.17) is 9.15 Å². The van der Waals surface area contributed by atoms with Crippen LogP contribution in [0.5, 0.6) is 0 Å². The second kappa shape index (κ2) is 6.97. The Morgan fingerprint density at radius 3 is 2.48 bits per heavy atom. The first-order chi connectivity index (χ1) is 9.83. The van der Waals surface area contributed by atoms with E-state index in [1.54, 1.807) is 6.26 Å². The summed E-state index contributed by atoms with van der Waals surface area (Å²) < 4.78 is 11.7. The molecule has 0 spiro atoms. The van der Waals surface area contributed by atoms with Gasteiger partial charge >= 0.3 is 0 Å². The molecule has 3 nitrogen and oxygen atoms in total. The van der Waals surface area contributed by atoms with Crippen LogP contribution in [0.2, 0.25) is 0 Å². The molecule has 1 aromatic rings. The maximum atomic E-state index is 6.12. The van der Waals surface area contributed by atoms with Crippen molar-refractivity contribution in [3.63, 3.8) is 0 Å². The number of rotatable bonds is 5. The normalized spacial score (nSPS) is 27.0. The maximum Gasteiger partial charge on any atom is 0.133 e. The molecule has 1 N–H and O–H groups in total. The van der Waals surface area contributed by atoms with Crippen molar-refractivity contribution in [3.8, 4) is 0 Å². The fourth-order valence-electron chi connectivity index (χ4n) is 3.21. The Balaban J connectivity index is 1.84. The lowest BCUT2D eigenvalue weighted by Gasteiger charge is -2.31. The zero-order chi connectivity index (χ0) is 15.5. The van der Waals surface area contributed by atoms with E-state index in [-0.39, 0.29) is 5.54 Å². The molecule has 2 rings (SSSR count). The van der Waals surface area contributed by atoms with E-state index in [2.05, 4.69) is 39.9 Å². The predicted octanol–water partition coefficient (Wildman–Crippen LogP) is 4.51. The average Bonchev–Trinajstić information content (AvgIpc) is 2.79. The highest BCUT2D eigenvalue weighted by atomic mass is 16.5. The van der Waals surface area contributed by atoms with Crippen LogP contribution in [0.4, 0.5) is 0 Å². The zero-order valence-corrected chi connectivity index (χ0v) is 14.2. The molecule has 0 aliphatic heterocycles. The molecule has 1 aromatic heterocycles. The van der Waals surface area contributed by atoms with Crippen molar-refractivity contribution in [3.05, 3.63) is 23.7 Å². The molecule has 2 unspecified atom stereocenters. The zero-order valence-electron chi connectivity index (χ0n) is 14.2. The molecule has 1 saturated carbocycles. The van der Waals surface area contributed by atoms with Gasteiger partial charge in [-0.2, -0.15) is 0 Å². The average molecular weight is 293 g/mol. The molecule has 2 atom stereocenters. The lowest BCUT2D eigenvalue weighted by atomic mass is 9.82. The summed E-state index contributed by atoms with van der Waals surface area (Å²) in [6.07, 6.45) is 5.85. The summed E-state index contributed by atoms with van der Waals surface area (Å²) in [5.41, 5.74) is 1.32. The van der Waals surface area contributed by atoms with Gasteiger partial charge in [0, 0.05) is 17.6 Å². The number of furan rings is 1. The fraction of sp³-hybridized carbons (Fsp3) is 0.778. The second-order valence-corrected chi connectivity index (χ2v) is 7.82. The molecular formula is C18H31NO2. The Labute approximate surface area is 129 Å². The largest absolute Gasteiger partial charge is 0.467 e. The highest BCUT2D eigenvalue weighted by molar-refractivity contribution is 5.16. The van der Waals surface area contributed by atoms with Crippen LogP contribution in [0.15, 0.2) is 16.7 Å². The molecule has 0 amide bonds. The minimum atomic E-state index is 0.115. The third kappa shape index (κ3) is 5.48. The first kappa shape index (κ1) is 16.6. The first-order valence-electron chi connectivity index (χ1n) is 8.25. The van der Waals surface area contributed by atoms with E-state index in [0.717, 1.165) is 24.1 Å². The monoisotopic (exact) mass is 293 g/mol. The quantitative estimate of drug-likeness (QED) is 0.867. The van der Waals surface area contributed by atoms with E-state index in [0.29, 0.717) is 12.7 Å². The van der Waals surface area contributed by atoms with Gasteiger partial charge in [0.15, 0.2) is 0 Å². The van der Waals surface area contributed by atoms with E-state index in [1.807, 2.05) is 6.07 Å².